The highest BCUT2D eigenvalue weighted by atomic mass is 16.5. The molecule has 3 unspecified atom stereocenters. The zero-order valence-corrected chi connectivity index (χ0v) is 18.8. The molecule has 0 saturated carbocycles. The van der Waals surface area contributed by atoms with Crippen LogP contribution < -0.4 is 10.2 Å². The van der Waals surface area contributed by atoms with Crippen molar-refractivity contribution < 1.29 is 14.3 Å². The minimum Gasteiger partial charge on any atom is -0.378 e. The maximum atomic E-state index is 12.9. The van der Waals surface area contributed by atoms with E-state index in [1.807, 2.05) is 48.0 Å². The summed E-state index contributed by atoms with van der Waals surface area (Å²) in [6, 6.07) is 7.57. The van der Waals surface area contributed by atoms with Gasteiger partial charge in [0.2, 0.25) is 11.8 Å². The molecule has 1 N–H and O–H groups in total. The molecule has 2 saturated heterocycles. The van der Waals surface area contributed by atoms with Crippen LogP contribution in [0.1, 0.15) is 27.2 Å². The van der Waals surface area contributed by atoms with E-state index in [4.69, 9.17) is 4.74 Å². The summed E-state index contributed by atoms with van der Waals surface area (Å²) >= 11 is 0. The quantitative estimate of drug-likeness (QED) is 0.771. The molecule has 7 heteroatoms. The zero-order chi connectivity index (χ0) is 21.7. The predicted octanol–water partition coefficient (Wildman–Crippen LogP) is 2.29. The maximum absolute atomic E-state index is 12.9. The number of carbonyl (C=O) groups is 2. The molecule has 30 heavy (non-hydrogen) atoms. The van der Waals surface area contributed by atoms with Gasteiger partial charge in [-0.25, -0.2) is 0 Å². The van der Waals surface area contributed by atoms with Crippen molar-refractivity contribution in [3.05, 3.63) is 24.3 Å². The van der Waals surface area contributed by atoms with Crippen LogP contribution in [-0.2, 0) is 14.3 Å². The molecule has 2 fully saturated rings. The molecule has 2 aliphatic rings. The lowest BCUT2D eigenvalue weighted by atomic mass is 9.91. The van der Waals surface area contributed by atoms with E-state index in [0.717, 1.165) is 50.8 Å². The lowest BCUT2D eigenvalue weighted by Crippen LogP contribution is -2.51. The van der Waals surface area contributed by atoms with Gasteiger partial charge in [0.05, 0.1) is 25.8 Å². The van der Waals surface area contributed by atoms with E-state index in [1.54, 1.807) is 0 Å². The molecule has 166 valence electrons. The molecule has 2 aliphatic heterocycles. The number of benzene rings is 1. The van der Waals surface area contributed by atoms with E-state index in [1.165, 1.54) is 6.42 Å². The van der Waals surface area contributed by atoms with Crippen LogP contribution in [0.3, 0.4) is 0 Å². The normalized spacial score (nSPS) is 23.4. The summed E-state index contributed by atoms with van der Waals surface area (Å²) in [6.07, 6.45) is 1.17. The van der Waals surface area contributed by atoms with Crippen molar-refractivity contribution >= 4 is 23.2 Å². The molecule has 2 amide bonds. The SMILES string of the molecule is CC1CC(C)CN(C(=O)C(C)N(C)CC(=O)Nc2ccc(N3CCOCC3)cc2)C1. The first-order valence-corrected chi connectivity index (χ1v) is 11.0. The molecule has 7 nitrogen and oxygen atoms in total. The van der Waals surface area contributed by atoms with Gasteiger partial charge in [0.15, 0.2) is 0 Å². The summed E-state index contributed by atoms with van der Waals surface area (Å²) in [5, 5.41) is 2.94. The fraction of sp³-hybridized carbons (Fsp3) is 0.652. The summed E-state index contributed by atoms with van der Waals surface area (Å²) in [6.45, 7) is 11.3. The number of piperidine rings is 1. The van der Waals surface area contributed by atoms with Crippen molar-refractivity contribution in [1.29, 1.82) is 0 Å². The van der Waals surface area contributed by atoms with E-state index in [9.17, 15) is 9.59 Å². The number of ether oxygens (including phenoxy) is 1. The van der Waals surface area contributed by atoms with Crippen molar-refractivity contribution in [3.8, 4) is 0 Å². The number of nitrogens with one attached hydrogen (secondary N) is 1. The number of morpholine rings is 1. The van der Waals surface area contributed by atoms with Crippen molar-refractivity contribution in [2.75, 3.05) is 63.2 Å². The molecule has 0 spiro atoms. The van der Waals surface area contributed by atoms with Gasteiger partial charge >= 0.3 is 0 Å². The highest BCUT2D eigenvalue weighted by Gasteiger charge is 2.30. The smallest absolute Gasteiger partial charge is 0.239 e. The van der Waals surface area contributed by atoms with Gasteiger partial charge in [-0.05, 0) is 56.5 Å². The Morgan fingerprint density at radius 3 is 2.33 bits per heavy atom. The number of hydrogen-bond donors (Lipinski definition) is 1. The summed E-state index contributed by atoms with van der Waals surface area (Å²) < 4.78 is 5.39. The van der Waals surface area contributed by atoms with Gasteiger partial charge in [0, 0.05) is 37.6 Å². The first kappa shape index (κ1) is 22.6. The van der Waals surface area contributed by atoms with Crippen LogP contribution in [0, 0.1) is 11.8 Å². The number of anilines is 2. The Labute approximate surface area is 180 Å². The van der Waals surface area contributed by atoms with E-state index in [-0.39, 0.29) is 24.4 Å². The van der Waals surface area contributed by atoms with Crippen LogP contribution in [0.15, 0.2) is 24.3 Å². The lowest BCUT2D eigenvalue weighted by molar-refractivity contribution is -0.139. The third-order valence-electron chi connectivity index (χ3n) is 6.12. The monoisotopic (exact) mass is 416 g/mol. The fourth-order valence-electron chi connectivity index (χ4n) is 4.44. The molecular weight excluding hydrogens is 380 g/mol. The van der Waals surface area contributed by atoms with Gasteiger partial charge in [-0.3, -0.25) is 14.5 Å². The topological polar surface area (TPSA) is 65.1 Å². The summed E-state index contributed by atoms with van der Waals surface area (Å²) in [5.74, 6) is 1.05. The minimum atomic E-state index is -0.322. The van der Waals surface area contributed by atoms with E-state index in [2.05, 4.69) is 24.1 Å². The van der Waals surface area contributed by atoms with Gasteiger partial charge in [-0.1, -0.05) is 13.8 Å². The molecule has 3 rings (SSSR count). The Balaban J connectivity index is 1.49. The fourth-order valence-corrected chi connectivity index (χ4v) is 4.44. The maximum Gasteiger partial charge on any atom is 0.239 e. The Morgan fingerprint density at radius 2 is 1.73 bits per heavy atom. The number of likely N-dealkylation sites (tertiary alicyclic amines) is 1. The highest BCUT2D eigenvalue weighted by Crippen LogP contribution is 2.22. The number of likely N-dealkylation sites (N-methyl/N-ethyl adjacent to an activating group) is 1. The predicted molar refractivity (Wildman–Crippen MR) is 120 cm³/mol. The number of amides is 2. The zero-order valence-electron chi connectivity index (χ0n) is 18.8. The molecule has 0 radical (unpaired) electrons. The number of hydrogen-bond acceptors (Lipinski definition) is 5. The van der Waals surface area contributed by atoms with E-state index < -0.39 is 0 Å². The summed E-state index contributed by atoms with van der Waals surface area (Å²) in [7, 11) is 1.83. The molecule has 0 aromatic heterocycles. The second-order valence-corrected chi connectivity index (χ2v) is 8.97. The van der Waals surface area contributed by atoms with Crippen LogP contribution >= 0.6 is 0 Å². The van der Waals surface area contributed by atoms with Crippen LogP contribution in [0.5, 0.6) is 0 Å². The largest absolute Gasteiger partial charge is 0.378 e. The molecule has 0 bridgehead atoms. The number of nitrogens with zero attached hydrogens (tertiary/aromatic N) is 3. The Morgan fingerprint density at radius 1 is 1.13 bits per heavy atom. The molecule has 2 heterocycles. The van der Waals surface area contributed by atoms with Crippen LogP contribution in [-0.4, -0.2) is 80.6 Å². The van der Waals surface area contributed by atoms with Crippen molar-refractivity contribution in [3.63, 3.8) is 0 Å². The minimum absolute atomic E-state index is 0.110. The van der Waals surface area contributed by atoms with Crippen LogP contribution in [0.2, 0.25) is 0 Å². The van der Waals surface area contributed by atoms with Gasteiger partial charge < -0.3 is 19.9 Å². The van der Waals surface area contributed by atoms with Crippen molar-refractivity contribution in [2.45, 2.75) is 33.2 Å². The molecule has 1 aromatic carbocycles. The van der Waals surface area contributed by atoms with E-state index in [0.29, 0.717) is 11.8 Å². The van der Waals surface area contributed by atoms with Crippen molar-refractivity contribution in [2.24, 2.45) is 11.8 Å². The van der Waals surface area contributed by atoms with Gasteiger partial charge in [-0.15, -0.1) is 0 Å². The van der Waals surface area contributed by atoms with E-state index >= 15 is 0 Å². The number of rotatable bonds is 6. The molecule has 3 atom stereocenters. The second-order valence-electron chi connectivity index (χ2n) is 8.97. The third-order valence-corrected chi connectivity index (χ3v) is 6.12. The molecule has 1 aromatic rings. The molecule has 0 aliphatic carbocycles. The van der Waals surface area contributed by atoms with Gasteiger partial charge in [0.25, 0.3) is 0 Å². The third kappa shape index (κ3) is 5.95. The van der Waals surface area contributed by atoms with Gasteiger partial charge in [-0.2, -0.15) is 0 Å². The Hall–Kier alpha value is -2.12. The van der Waals surface area contributed by atoms with Gasteiger partial charge in [0.1, 0.15) is 0 Å². The van der Waals surface area contributed by atoms with Crippen molar-refractivity contribution in [1.82, 2.24) is 9.80 Å². The number of carbonyl (C=O) groups excluding carboxylic acids is 2. The average Bonchev–Trinajstić information content (AvgIpc) is 2.73. The standard InChI is InChI=1S/C23H36N4O3/c1-17-13-18(2)15-27(14-17)23(29)19(3)25(4)16-22(28)24-20-5-7-21(8-6-20)26-9-11-30-12-10-26/h5-8,17-19H,9-16H2,1-4H3,(H,24,28). The molecular formula is C23H36N4O3. The highest BCUT2D eigenvalue weighted by molar-refractivity contribution is 5.93. The first-order valence-electron chi connectivity index (χ1n) is 11.0. The average molecular weight is 417 g/mol. The lowest BCUT2D eigenvalue weighted by Gasteiger charge is -2.38. The Kier molecular flexibility index (Phi) is 7.72. The summed E-state index contributed by atoms with van der Waals surface area (Å²) in [5.41, 5.74) is 1.90. The second kappa shape index (κ2) is 10.3. The van der Waals surface area contributed by atoms with Crippen LogP contribution in [0.25, 0.3) is 0 Å². The first-order chi connectivity index (χ1) is 14.3. The van der Waals surface area contributed by atoms with Crippen LogP contribution in [0.4, 0.5) is 11.4 Å². The Bertz CT molecular complexity index is 708. The summed E-state index contributed by atoms with van der Waals surface area (Å²) in [4.78, 5) is 31.5.